The van der Waals surface area contributed by atoms with Crippen molar-refractivity contribution in [3.05, 3.63) is 63.7 Å². The predicted molar refractivity (Wildman–Crippen MR) is 106 cm³/mol. The number of nitro benzene ring substituents is 1. The Hall–Kier alpha value is -3.47. The smallest absolute Gasteiger partial charge is 0.339 e. The average Bonchev–Trinajstić information content (AvgIpc) is 2.65. The van der Waals surface area contributed by atoms with Gasteiger partial charge in [-0.15, -0.1) is 0 Å². The molecule has 2 rings (SSSR count). The molecule has 0 aliphatic rings. The van der Waals surface area contributed by atoms with E-state index < -0.39 is 33.4 Å². The summed E-state index contributed by atoms with van der Waals surface area (Å²) in [6.07, 6.45) is 0.890. The molecule has 0 saturated heterocycles. The number of para-hydroxylation sites is 1. The highest BCUT2D eigenvalue weighted by atomic mass is 32.2. The molecule has 29 heavy (non-hydrogen) atoms. The van der Waals surface area contributed by atoms with Crippen LogP contribution in [-0.4, -0.2) is 45.1 Å². The van der Waals surface area contributed by atoms with Crippen LogP contribution in [0.25, 0.3) is 0 Å². The maximum Gasteiger partial charge on any atom is 0.339 e. The van der Waals surface area contributed by atoms with Gasteiger partial charge in [-0.3, -0.25) is 19.2 Å². The van der Waals surface area contributed by atoms with Gasteiger partial charge in [-0.2, -0.15) is 0 Å². The second-order valence-electron chi connectivity index (χ2n) is 6.08. The lowest BCUT2D eigenvalue weighted by molar-refractivity contribution is -0.384. The normalized spacial score (nSPS) is 10.9. The van der Waals surface area contributed by atoms with Crippen molar-refractivity contribution < 1.29 is 27.7 Å². The van der Waals surface area contributed by atoms with Gasteiger partial charge in [0.05, 0.1) is 35.2 Å². The van der Waals surface area contributed by atoms with E-state index >= 15 is 0 Å². The number of nitrogens with zero attached hydrogens (tertiary/aromatic N) is 2. The number of anilines is 2. The van der Waals surface area contributed by atoms with Gasteiger partial charge in [-0.05, 0) is 24.6 Å². The third-order valence-corrected chi connectivity index (χ3v) is 5.09. The fourth-order valence-corrected chi connectivity index (χ4v) is 3.47. The number of hydrogen-bond acceptors (Lipinski definition) is 7. The molecule has 0 bridgehead atoms. The number of carbonyl (C=O) groups is 2. The lowest BCUT2D eigenvalue weighted by Gasteiger charge is -2.23. The number of sulfonamides is 1. The van der Waals surface area contributed by atoms with E-state index in [1.54, 1.807) is 19.1 Å². The molecule has 0 fully saturated rings. The fraction of sp³-hybridized carbons (Fsp3) is 0.222. The Morgan fingerprint density at radius 1 is 1.21 bits per heavy atom. The number of hydrogen-bond donors (Lipinski definition) is 1. The number of aryl methyl sites for hydroxylation is 1. The van der Waals surface area contributed by atoms with Crippen LogP contribution < -0.4 is 9.62 Å². The summed E-state index contributed by atoms with van der Waals surface area (Å²) >= 11 is 0. The summed E-state index contributed by atoms with van der Waals surface area (Å²) < 4.78 is 30.0. The Bertz CT molecular complexity index is 1070. The van der Waals surface area contributed by atoms with Crippen LogP contribution in [0.1, 0.15) is 15.9 Å². The number of amides is 1. The third-order valence-electron chi connectivity index (χ3n) is 3.97. The first kappa shape index (κ1) is 21.8. The highest BCUT2D eigenvalue weighted by Crippen LogP contribution is 2.27. The summed E-state index contributed by atoms with van der Waals surface area (Å²) in [6, 6.07) is 9.81. The second kappa shape index (κ2) is 8.69. The zero-order valence-corrected chi connectivity index (χ0v) is 16.7. The van der Waals surface area contributed by atoms with Crippen molar-refractivity contribution in [1.82, 2.24) is 0 Å². The highest BCUT2D eigenvalue weighted by molar-refractivity contribution is 7.92. The topological polar surface area (TPSA) is 136 Å². The molecule has 0 radical (unpaired) electrons. The van der Waals surface area contributed by atoms with Gasteiger partial charge in [0, 0.05) is 12.1 Å². The molecular weight excluding hydrogens is 402 g/mol. The van der Waals surface area contributed by atoms with Crippen molar-refractivity contribution in [2.24, 2.45) is 0 Å². The summed E-state index contributed by atoms with van der Waals surface area (Å²) in [6.45, 7) is 0.929. The Morgan fingerprint density at radius 3 is 2.45 bits per heavy atom. The molecule has 0 aliphatic heterocycles. The first-order valence-electron chi connectivity index (χ1n) is 8.24. The first-order chi connectivity index (χ1) is 13.5. The van der Waals surface area contributed by atoms with Crippen molar-refractivity contribution in [2.45, 2.75) is 6.92 Å². The van der Waals surface area contributed by atoms with Gasteiger partial charge in [0.15, 0.2) is 0 Å². The minimum Gasteiger partial charge on any atom is -0.465 e. The van der Waals surface area contributed by atoms with E-state index in [9.17, 15) is 28.1 Å². The minimum absolute atomic E-state index is 0.0121. The lowest BCUT2D eigenvalue weighted by atomic mass is 10.1. The van der Waals surface area contributed by atoms with Crippen LogP contribution in [0.5, 0.6) is 0 Å². The summed E-state index contributed by atoms with van der Waals surface area (Å²) in [4.78, 5) is 34.7. The van der Waals surface area contributed by atoms with Crippen molar-refractivity contribution >= 4 is 39.0 Å². The van der Waals surface area contributed by atoms with Crippen molar-refractivity contribution in [3.8, 4) is 0 Å². The molecular formula is C18H19N3O7S. The Balaban J connectivity index is 2.36. The van der Waals surface area contributed by atoms with Crippen LogP contribution in [0.3, 0.4) is 0 Å². The van der Waals surface area contributed by atoms with Gasteiger partial charge in [-0.1, -0.05) is 18.2 Å². The van der Waals surface area contributed by atoms with Crippen molar-refractivity contribution in [1.29, 1.82) is 0 Å². The molecule has 2 aromatic rings. The summed E-state index contributed by atoms with van der Waals surface area (Å²) in [7, 11) is -2.75. The molecule has 0 aliphatic carbocycles. The molecule has 1 amide bonds. The molecule has 0 aromatic heterocycles. The molecule has 2 aromatic carbocycles. The van der Waals surface area contributed by atoms with Gasteiger partial charge in [0.1, 0.15) is 6.54 Å². The molecule has 0 heterocycles. The van der Waals surface area contributed by atoms with Crippen LogP contribution >= 0.6 is 0 Å². The first-order valence-corrected chi connectivity index (χ1v) is 10.1. The Kier molecular flexibility index (Phi) is 6.54. The third kappa shape index (κ3) is 5.29. The van der Waals surface area contributed by atoms with Crippen molar-refractivity contribution in [3.63, 3.8) is 0 Å². The molecule has 154 valence electrons. The quantitative estimate of drug-likeness (QED) is 0.411. The molecule has 10 nitrogen and oxygen atoms in total. The highest BCUT2D eigenvalue weighted by Gasteiger charge is 2.25. The molecule has 0 unspecified atom stereocenters. The lowest BCUT2D eigenvalue weighted by Crippen LogP contribution is -2.38. The second-order valence-corrected chi connectivity index (χ2v) is 7.99. The van der Waals surface area contributed by atoms with Gasteiger partial charge in [0.2, 0.25) is 15.9 Å². The maximum atomic E-state index is 12.5. The number of rotatable bonds is 7. The number of benzene rings is 2. The summed E-state index contributed by atoms with van der Waals surface area (Å²) in [5.41, 5.74) is 0.381. The number of non-ortho nitro benzene ring substituents is 1. The van der Waals surface area contributed by atoms with E-state index in [4.69, 9.17) is 0 Å². The fourth-order valence-electron chi connectivity index (χ4n) is 2.56. The molecule has 11 heteroatoms. The molecule has 0 saturated carbocycles. The van der Waals surface area contributed by atoms with Crippen LogP contribution in [-0.2, 0) is 19.6 Å². The van der Waals surface area contributed by atoms with Gasteiger partial charge < -0.3 is 10.1 Å². The number of nitrogens with one attached hydrogen (secondary N) is 1. The largest absolute Gasteiger partial charge is 0.465 e. The van der Waals surface area contributed by atoms with Crippen LogP contribution in [0.4, 0.5) is 17.1 Å². The minimum atomic E-state index is -3.94. The van der Waals surface area contributed by atoms with E-state index in [2.05, 4.69) is 10.1 Å². The molecule has 1 N–H and O–H groups in total. The average molecular weight is 421 g/mol. The van der Waals surface area contributed by atoms with Crippen molar-refractivity contribution in [2.75, 3.05) is 29.5 Å². The monoisotopic (exact) mass is 421 g/mol. The standard InChI is InChI=1S/C18H19N3O7S/c1-12-8-9-13(21(24)25)10-16(12)20(29(3,26)27)11-17(22)19-15-7-5-4-6-14(15)18(23)28-2/h4-10H,11H2,1-3H3,(H,19,22). The molecule has 0 atom stereocenters. The predicted octanol–water partition coefficient (Wildman–Crippen LogP) is 2.09. The van der Waals surface area contributed by atoms with E-state index in [0.29, 0.717) is 5.56 Å². The zero-order valence-electron chi connectivity index (χ0n) is 15.9. The maximum absolute atomic E-state index is 12.5. The Labute approximate surface area is 167 Å². The summed E-state index contributed by atoms with van der Waals surface area (Å²) in [5, 5.41) is 13.5. The van der Waals surface area contributed by atoms with E-state index in [-0.39, 0.29) is 22.6 Å². The summed E-state index contributed by atoms with van der Waals surface area (Å²) in [5.74, 6) is -1.41. The number of carbonyl (C=O) groups excluding carboxylic acids is 2. The zero-order chi connectivity index (χ0) is 21.8. The number of ether oxygens (including phenoxy) is 1. The van der Waals surface area contributed by atoms with Gasteiger partial charge in [-0.25, -0.2) is 13.2 Å². The SMILES string of the molecule is COC(=O)c1ccccc1NC(=O)CN(c1cc([N+](=O)[O-])ccc1C)S(C)(=O)=O. The van der Waals surface area contributed by atoms with Gasteiger partial charge >= 0.3 is 5.97 Å². The number of nitro groups is 1. The van der Waals surface area contributed by atoms with E-state index in [1.807, 2.05) is 0 Å². The number of methoxy groups -OCH3 is 1. The van der Waals surface area contributed by atoms with E-state index in [1.165, 1.54) is 31.4 Å². The Morgan fingerprint density at radius 2 is 1.86 bits per heavy atom. The van der Waals surface area contributed by atoms with Crippen LogP contribution in [0.15, 0.2) is 42.5 Å². The van der Waals surface area contributed by atoms with Crippen LogP contribution in [0, 0.1) is 17.0 Å². The van der Waals surface area contributed by atoms with Crippen LogP contribution in [0.2, 0.25) is 0 Å². The van der Waals surface area contributed by atoms with Gasteiger partial charge in [0.25, 0.3) is 5.69 Å². The van der Waals surface area contributed by atoms with E-state index in [0.717, 1.165) is 16.6 Å². The number of esters is 1. The molecule has 0 spiro atoms.